The number of hydrogen-bond donors (Lipinski definition) is 0. The summed E-state index contributed by atoms with van der Waals surface area (Å²) in [6.07, 6.45) is 0.131. The molecule has 0 heterocycles. The third kappa shape index (κ3) is 7.09. The molecule has 4 nitrogen and oxygen atoms in total. The van der Waals surface area contributed by atoms with E-state index in [2.05, 4.69) is 0 Å². The van der Waals surface area contributed by atoms with Gasteiger partial charge in [-0.25, -0.2) is 0 Å². The molecule has 0 spiro atoms. The summed E-state index contributed by atoms with van der Waals surface area (Å²) >= 11 is 1.29. The number of rotatable bonds is 9. The SMILES string of the molecule is COC(C[C@@H](OCc1ccccc1)[C@@H](C)SC(C)=O)OC. The largest absolute Gasteiger partial charge is 0.372 e. The van der Waals surface area contributed by atoms with Gasteiger partial charge in [-0.15, -0.1) is 0 Å². The highest BCUT2D eigenvalue weighted by atomic mass is 32.2. The average Bonchev–Trinajstić information content (AvgIpc) is 2.48. The van der Waals surface area contributed by atoms with E-state index in [-0.39, 0.29) is 22.8 Å². The van der Waals surface area contributed by atoms with Crippen LogP contribution in [0, 0.1) is 0 Å². The van der Waals surface area contributed by atoms with E-state index in [0.717, 1.165) is 5.56 Å². The van der Waals surface area contributed by atoms with E-state index in [1.165, 1.54) is 11.8 Å². The fourth-order valence-corrected chi connectivity index (χ4v) is 2.85. The molecule has 0 amide bonds. The van der Waals surface area contributed by atoms with Gasteiger partial charge in [-0.1, -0.05) is 49.0 Å². The molecule has 0 bridgehead atoms. The first-order chi connectivity index (χ1) is 10.1. The summed E-state index contributed by atoms with van der Waals surface area (Å²) in [5, 5.41) is 0.126. The van der Waals surface area contributed by atoms with Crippen LogP contribution in [-0.2, 0) is 25.6 Å². The summed E-state index contributed by atoms with van der Waals surface area (Å²) in [7, 11) is 3.20. The highest BCUT2D eigenvalue weighted by Crippen LogP contribution is 2.23. The van der Waals surface area contributed by atoms with Crippen LogP contribution in [0.4, 0.5) is 0 Å². The molecule has 0 fully saturated rings. The van der Waals surface area contributed by atoms with Crippen LogP contribution in [0.5, 0.6) is 0 Å². The smallest absolute Gasteiger partial charge is 0.186 e. The standard InChI is InChI=1S/C16H24O4S/c1-12(21-13(2)17)15(10-16(18-3)19-4)20-11-14-8-6-5-7-9-14/h5-9,12,15-16H,10-11H2,1-4H3/t12-,15-/m1/s1. The molecule has 0 saturated heterocycles. The molecule has 0 aromatic heterocycles. The van der Waals surface area contributed by atoms with Gasteiger partial charge in [0.25, 0.3) is 0 Å². The van der Waals surface area contributed by atoms with Crippen molar-refractivity contribution in [2.75, 3.05) is 14.2 Å². The predicted molar refractivity (Wildman–Crippen MR) is 85.2 cm³/mol. The first-order valence-corrected chi connectivity index (χ1v) is 7.83. The van der Waals surface area contributed by atoms with E-state index >= 15 is 0 Å². The van der Waals surface area contributed by atoms with Gasteiger partial charge in [-0.05, 0) is 5.56 Å². The Balaban J connectivity index is 2.64. The van der Waals surface area contributed by atoms with Crippen LogP contribution < -0.4 is 0 Å². The molecule has 0 saturated carbocycles. The van der Waals surface area contributed by atoms with Crippen LogP contribution in [-0.4, -0.2) is 37.0 Å². The first-order valence-electron chi connectivity index (χ1n) is 6.95. The monoisotopic (exact) mass is 312 g/mol. The summed E-state index contributed by atoms with van der Waals surface area (Å²) in [5.41, 5.74) is 1.11. The molecule has 1 aromatic carbocycles. The molecule has 0 aliphatic rings. The maximum atomic E-state index is 11.3. The molecular formula is C16H24O4S. The molecule has 0 aliphatic heterocycles. The number of carbonyl (C=O) groups excluding carboxylic acids is 1. The van der Waals surface area contributed by atoms with Gasteiger partial charge in [0.05, 0.1) is 12.7 Å². The number of benzene rings is 1. The zero-order chi connectivity index (χ0) is 15.7. The van der Waals surface area contributed by atoms with E-state index in [1.54, 1.807) is 21.1 Å². The molecule has 0 unspecified atom stereocenters. The van der Waals surface area contributed by atoms with Crippen molar-refractivity contribution in [2.24, 2.45) is 0 Å². The van der Waals surface area contributed by atoms with Crippen LogP contribution in [0.15, 0.2) is 30.3 Å². The van der Waals surface area contributed by atoms with E-state index in [1.807, 2.05) is 37.3 Å². The first kappa shape index (κ1) is 18.2. The maximum absolute atomic E-state index is 11.3. The van der Waals surface area contributed by atoms with Gasteiger partial charge in [-0.2, -0.15) is 0 Å². The normalized spacial score (nSPS) is 14.1. The Labute approximate surface area is 131 Å². The molecule has 1 rings (SSSR count). The Morgan fingerprint density at radius 1 is 1.19 bits per heavy atom. The van der Waals surface area contributed by atoms with Gasteiger partial charge >= 0.3 is 0 Å². The summed E-state index contributed by atoms with van der Waals surface area (Å²) in [6.45, 7) is 4.07. The van der Waals surface area contributed by atoms with Gasteiger partial charge in [-0.3, -0.25) is 4.79 Å². The minimum absolute atomic E-state index is 0.0408. The Hall–Kier alpha value is -0.880. The van der Waals surface area contributed by atoms with E-state index in [4.69, 9.17) is 14.2 Å². The van der Waals surface area contributed by atoms with E-state index in [0.29, 0.717) is 13.0 Å². The topological polar surface area (TPSA) is 44.8 Å². The molecule has 0 radical (unpaired) electrons. The molecule has 21 heavy (non-hydrogen) atoms. The second-order valence-electron chi connectivity index (χ2n) is 4.79. The Morgan fingerprint density at radius 3 is 2.33 bits per heavy atom. The highest BCUT2D eigenvalue weighted by molar-refractivity contribution is 8.14. The third-order valence-corrected chi connectivity index (χ3v) is 4.14. The Kier molecular flexibility index (Phi) is 8.61. The number of thioether (sulfide) groups is 1. The minimum atomic E-state index is -0.333. The zero-order valence-electron chi connectivity index (χ0n) is 13.1. The van der Waals surface area contributed by atoms with Gasteiger partial charge in [0.15, 0.2) is 11.4 Å². The van der Waals surface area contributed by atoms with Crippen LogP contribution in [0.3, 0.4) is 0 Å². The van der Waals surface area contributed by atoms with Crippen molar-refractivity contribution in [3.63, 3.8) is 0 Å². The second-order valence-corrected chi connectivity index (χ2v) is 6.34. The number of ether oxygens (including phenoxy) is 3. The van der Waals surface area contributed by atoms with Crippen molar-refractivity contribution in [3.05, 3.63) is 35.9 Å². The maximum Gasteiger partial charge on any atom is 0.186 e. The highest BCUT2D eigenvalue weighted by Gasteiger charge is 2.24. The van der Waals surface area contributed by atoms with Crippen molar-refractivity contribution in [3.8, 4) is 0 Å². The zero-order valence-corrected chi connectivity index (χ0v) is 13.9. The van der Waals surface area contributed by atoms with Gasteiger partial charge in [0.1, 0.15) is 0 Å². The average molecular weight is 312 g/mol. The quantitative estimate of drug-likeness (QED) is 0.655. The Bertz CT molecular complexity index is 406. The molecule has 2 atom stereocenters. The van der Waals surface area contributed by atoms with Crippen molar-refractivity contribution in [2.45, 2.75) is 44.5 Å². The van der Waals surface area contributed by atoms with Crippen molar-refractivity contribution >= 4 is 16.9 Å². The lowest BCUT2D eigenvalue weighted by Gasteiger charge is -2.26. The van der Waals surface area contributed by atoms with Crippen LogP contribution in [0.1, 0.15) is 25.8 Å². The summed E-state index contributed by atoms with van der Waals surface area (Å²) in [6, 6.07) is 9.97. The number of hydrogen-bond acceptors (Lipinski definition) is 5. The van der Waals surface area contributed by atoms with Crippen molar-refractivity contribution in [1.29, 1.82) is 0 Å². The number of carbonyl (C=O) groups is 1. The number of methoxy groups -OCH3 is 2. The van der Waals surface area contributed by atoms with Crippen molar-refractivity contribution in [1.82, 2.24) is 0 Å². The molecule has 0 aliphatic carbocycles. The molecule has 1 aromatic rings. The van der Waals surface area contributed by atoms with Crippen molar-refractivity contribution < 1.29 is 19.0 Å². The second kappa shape index (κ2) is 9.95. The summed E-state index contributed by atoms with van der Waals surface area (Å²) in [5.74, 6) is 0. The molecule has 0 N–H and O–H groups in total. The van der Waals surface area contributed by atoms with E-state index in [9.17, 15) is 4.79 Å². The lowest BCUT2D eigenvalue weighted by atomic mass is 10.2. The summed E-state index contributed by atoms with van der Waals surface area (Å²) < 4.78 is 16.5. The Morgan fingerprint density at radius 2 is 1.81 bits per heavy atom. The lowest BCUT2D eigenvalue weighted by Crippen LogP contribution is -2.31. The summed E-state index contributed by atoms with van der Waals surface area (Å²) in [4.78, 5) is 11.3. The molecule has 118 valence electrons. The molecular weight excluding hydrogens is 288 g/mol. The fourth-order valence-electron chi connectivity index (χ4n) is 1.99. The van der Waals surface area contributed by atoms with Crippen LogP contribution in [0.25, 0.3) is 0 Å². The minimum Gasteiger partial charge on any atom is -0.372 e. The predicted octanol–water partition coefficient (Wildman–Crippen LogP) is 3.25. The lowest BCUT2D eigenvalue weighted by molar-refractivity contribution is -0.131. The van der Waals surface area contributed by atoms with Gasteiger partial charge in [0, 0.05) is 32.8 Å². The van der Waals surface area contributed by atoms with Crippen LogP contribution in [0.2, 0.25) is 0 Å². The van der Waals surface area contributed by atoms with Gasteiger partial charge in [0.2, 0.25) is 0 Å². The van der Waals surface area contributed by atoms with Crippen LogP contribution >= 0.6 is 11.8 Å². The van der Waals surface area contributed by atoms with E-state index < -0.39 is 0 Å². The fraction of sp³-hybridized carbons (Fsp3) is 0.562. The third-order valence-electron chi connectivity index (χ3n) is 3.13. The molecule has 5 heteroatoms. The van der Waals surface area contributed by atoms with Gasteiger partial charge < -0.3 is 14.2 Å².